The minimum absolute atomic E-state index is 0.00766. The van der Waals surface area contributed by atoms with Crippen molar-refractivity contribution < 1.29 is 14.3 Å². The molecule has 25 heavy (non-hydrogen) atoms. The molecule has 0 radical (unpaired) electrons. The predicted octanol–water partition coefficient (Wildman–Crippen LogP) is 3.47. The van der Waals surface area contributed by atoms with Gasteiger partial charge in [-0.15, -0.1) is 0 Å². The molecule has 1 aromatic carbocycles. The summed E-state index contributed by atoms with van der Waals surface area (Å²) in [5.74, 6) is 1.41. The average molecular weight is 341 g/mol. The van der Waals surface area contributed by atoms with Gasteiger partial charge in [-0.25, -0.2) is 4.98 Å². The van der Waals surface area contributed by atoms with Gasteiger partial charge in [0.1, 0.15) is 17.2 Å². The molecule has 1 aliphatic rings. The molecule has 0 saturated carbocycles. The maximum absolute atomic E-state index is 12.4. The standard InChI is InChI=1S/C19H23N3O3/c1-24-15-7-9-16(18(12-15)25-2)21-14-6-8-17(20-13-14)19(23)22-10-4-3-5-11-22/h6-9,12-13,21H,3-5,10-11H2,1-2H3. The summed E-state index contributed by atoms with van der Waals surface area (Å²) in [7, 11) is 3.22. The highest BCUT2D eigenvalue weighted by molar-refractivity contribution is 5.92. The highest BCUT2D eigenvalue weighted by atomic mass is 16.5. The molecule has 1 saturated heterocycles. The summed E-state index contributed by atoms with van der Waals surface area (Å²) < 4.78 is 10.6. The van der Waals surface area contributed by atoms with Crippen molar-refractivity contribution in [1.29, 1.82) is 0 Å². The number of ether oxygens (including phenoxy) is 2. The van der Waals surface area contributed by atoms with Crippen LogP contribution in [-0.2, 0) is 0 Å². The van der Waals surface area contributed by atoms with E-state index in [0.29, 0.717) is 11.4 Å². The molecule has 0 spiro atoms. The monoisotopic (exact) mass is 341 g/mol. The van der Waals surface area contributed by atoms with E-state index < -0.39 is 0 Å². The number of carbonyl (C=O) groups is 1. The van der Waals surface area contributed by atoms with Gasteiger partial charge < -0.3 is 19.7 Å². The summed E-state index contributed by atoms with van der Waals surface area (Å²) in [5.41, 5.74) is 2.08. The van der Waals surface area contributed by atoms with E-state index in [2.05, 4.69) is 10.3 Å². The number of carbonyl (C=O) groups excluding carboxylic acids is 1. The maximum atomic E-state index is 12.4. The van der Waals surface area contributed by atoms with Crippen LogP contribution in [0.4, 0.5) is 11.4 Å². The normalized spacial score (nSPS) is 14.1. The van der Waals surface area contributed by atoms with E-state index in [1.807, 2.05) is 29.2 Å². The molecular weight excluding hydrogens is 318 g/mol. The van der Waals surface area contributed by atoms with Crippen LogP contribution >= 0.6 is 0 Å². The van der Waals surface area contributed by atoms with Crippen LogP contribution in [0.3, 0.4) is 0 Å². The van der Waals surface area contributed by atoms with Gasteiger partial charge in [0.05, 0.1) is 31.8 Å². The van der Waals surface area contributed by atoms with E-state index in [-0.39, 0.29) is 5.91 Å². The fourth-order valence-electron chi connectivity index (χ4n) is 2.91. The van der Waals surface area contributed by atoms with Gasteiger partial charge in [0, 0.05) is 19.2 Å². The first-order chi connectivity index (χ1) is 12.2. The fraction of sp³-hybridized carbons (Fsp3) is 0.368. The van der Waals surface area contributed by atoms with E-state index in [1.54, 1.807) is 26.5 Å². The number of rotatable bonds is 5. The van der Waals surface area contributed by atoms with Crippen molar-refractivity contribution in [1.82, 2.24) is 9.88 Å². The second kappa shape index (κ2) is 7.88. The molecule has 1 N–H and O–H groups in total. The van der Waals surface area contributed by atoms with Crippen LogP contribution < -0.4 is 14.8 Å². The van der Waals surface area contributed by atoms with Crippen molar-refractivity contribution in [2.24, 2.45) is 0 Å². The molecule has 1 fully saturated rings. The van der Waals surface area contributed by atoms with Crippen molar-refractivity contribution in [3.63, 3.8) is 0 Å². The van der Waals surface area contributed by atoms with E-state index in [0.717, 1.165) is 43.1 Å². The van der Waals surface area contributed by atoms with Crippen LogP contribution in [0, 0.1) is 0 Å². The molecule has 0 atom stereocenters. The summed E-state index contributed by atoms with van der Waals surface area (Å²) in [6, 6.07) is 9.16. The Kier molecular flexibility index (Phi) is 5.38. The maximum Gasteiger partial charge on any atom is 0.272 e. The lowest BCUT2D eigenvalue weighted by Gasteiger charge is -2.26. The van der Waals surface area contributed by atoms with Crippen molar-refractivity contribution >= 4 is 17.3 Å². The average Bonchev–Trinajstić information content (AvgIpc) is 2.69. The second-order valence-electron chi connectivity index (χ2n) is 5.98. The number of amides is 1. The molecule has 1 amide bonds. The van der Waals surface area contributed by atoms with Gasteiger partial charge in [0.15, 0.2) is 0 Å². The zero-order valence-electron chi connectivity index (χ0n) is 14.6. The molecule has 0 aliphatic carbocycles. The van der Waals surface area contributed by atoms with Crippen molar-refractivity contribution in [3.8, 4) is 11.5 Å². The Hall–Kier alpha value is -2.76. The Balaban J connectivity index is 1.71. The van der Waals surface area contributed by atoms with Crippen molar-refractivity contribution in [2.75, 3.05) is 32.6 Å². The predicted molar refractivity (Wildman–Crippen MR) is 96.8 cm³/mol. The number of likely N-dealkylation sites (tertiary alicyclic amines) is 1. The number of aromatic nitrogens is 1. The van der Waals surface area contributed by atoms with Crippen LogP contribution in [0.5, 0.6) is 11.5 Å². The van der Waals surface area contributed by atoms with Gasteiger partial charge in [-0.3, -0.25) is 4.79 Å². The molecule has 6 nitrogen and oxygen atoms in total. The Labute approximate surface area is 147 Å². The number of hydrogen-bond donors (Lipinski definition) is 1. The molecule has 132 valence electrons. The Morgan fingerprint density at radius 3 is 2.52 bits per heavy atom. The Morgan fingerprint density at radius 2 is 1.88 bits per heavy atom. The number of benzene rings is 1. The number of pyridine rings is 1. The molecule has 0 unspecified atom stereocenters. The van der Waals surface area contributed by atoms with Gasteiger partial charge in [-0.2, -0.15) is 0 Å². The third-order valence-electron chi connectivity index (χ3n) is 4.31. The molecule has 2 heterocycles. The third-order valence-corrected chi connectivity index (χ3v) is 4.31. The number of nitrogens with one attached hydrogen (secondary N) is 1. The largest absolute Gasteiger partial charge is 0.497 e. The highest BCUT2D eigenvalue weighted by Crippen LogP contribution is 2.31. The molecule has 1 aliphatic heterocycles. The first kappa shape index (κ1) is 17.1. The van der Waals surface area contributed by atoms with Crippen molar-refractivity contribution in [2.45, 2.75) is 19.3 Å². The first-order valence-corrected chi connectivity index (χ1v) is 8.45. The number of hydrogen-bond acceptors (Lipinski definition) is 5. The fourth-order valence-corrected chi connectivity index (χ4v) is 2.91. The van der Waals surface area contributed by atoms with Crippen LogP contribution in [0.2, 0.25) is 0 Å². The van der Waals surface area contributed by atoms with Gasteiger partial charge in [0.25, 0.3) is 5.91 Å². The van der Waals surface area contributed by atoms with E-state index in [4.69, 9.17) is 9.47 Å². The van der Waals surface area contributed by atoms with Gasteiger partial charge in [-0.05, 0) is 43.5 Å². The Morgan fingerprint density at radius 1 is 1.08 bits per heavy atom. The summed E-state index contributed by atoms with van der Waals surface area (Å²) in [6.07, 6.45) is 5.01. The lowest BCUT2D eigenvalue weighted by atomic mass is 10.1. The molecular formula is C19H23N3O3. The number of methoxy groups -OCH3 is 2. The van der Waals surface area contributed by atoms with E-state index >= 15 is 0 Å². The molecule has 2 aromatic rings. The lowest BCUT2D eigenvalue weighted by Crippen LogP contribution is -2.36. The number of piperidine rings is 1. The minimum Gasteiger partial charge on any atom is -0.497 e. The van der Waals surface area contributed by atoms with Crippen molar-refractivity contribution in [3.05, 3.63) is 42.2 Å². The molecule has 0 bridgehead atoms. The Bertz CT molecular complexity index is 725. The second-order valence-corrected chi connectivity index (χ2v) is 5.98. The SMILES string of the molecule is COc1ccc(Nc2ccc(C(=O)N3CCCCC3)nc2)c(OC)c1. The summed E-state index contributed by atoms with van der Waals surface area (Å²) >= 11 is 0. The summed E-state index contributed by atoms with van der Waals surface area (Å²) in [5, 5.41) is 3.25. The molecule has 6 heteroatoms. The zero-order chi connectivity index (χ0) is 17.6. The van der Waals surface area contributed by atoms with E-state index in [9.17, 15) is 4.79 Å². The van der Waals surface area contributed by atoms with E-state index in [1.165, 1.54) is 6.42 Å². The number of nitrogens with zero attached hydrogens (tertiary/aromatic N) is 2. The van der Waals surface area contributed by atoms with Gasteiger partial charge in [-0.1, -0.05) is 0 Å². The zero-order valence-corrected chi connectivity index (χ0v) is 14.6. The lowest BCUT2D eigenvalue weighted by molar-refractivity contribution is 0.0718. The topological polar surface area (TPSA) is 63.7 Å². The third kappa shape index (κ3) is 4.02. The van der Waals surface area contributed by atoms with Gasteiger partial charge in [0.2, 0.25) is 0 Å². The summed E-state index contributed by atoms with van der Waals surface area (Å²) in [6.45, 7) is 1.65. The van der Waals surface area contributed by atoms with Crippen LogP contribution in [-0.4, -0.2) is 43.1 Å². The summed E-state index contributed by atoms with van der Waals surface area (Å²) in [4.78, 5) is 18.6. The minimum atomic E-state index is 0.00766. The smallest absolute Gasteiger partial charge is 0.272 e. The highest BCUT2D eigenvalue weighted by Gasteiger charge is 2.19. The first-order valence-electron chi connectivity index (χ1n) is 8.45. The quantitative estimate of drug-likeness (QED) is 0.902. The van der Waals surface area contributed by atoms with Crippen LogP contribution in [0.1, 0.15) is 29.8 Å². The van der Waals surface area contributed by atoms with Gasteiger partial charge >= 0.3 is 0 Å². The van der Waals surface area contributed by atoms with Crippen LogP contribution in [0.15, 0.2) is 36.5 Å². The molecule has 1 aromatic heterocycles. The molecule has 3 rings (SSSR count). The number of anilines is 2. The van der Waals surface area contributed by atoms with Crippen LogP contribution in [0.25, 0.3) is 0 Å².